The molecule has 1 aliphatic rings. The van der Waals surface area contributed by atoms with Crippen LogP contribution in [0.25, 0.3) is 5.69 Å². The molecule has 2 heterocycles. The Hall–Kier alpha value is -2.93. The Morgan fingerprint density at radius 3 is 2.52 bits per heavy atom. The van der Waals surface area contributed by atoms with Gasteiger partial charge in [-0.1, -0.05) is 6.07 Å². The first-order valence-electron chi connectivity index (χ1n) is 8.45. The van der Waals surface area contributed by atoms with Gasteiger partial charge in [-0.2, -0.15) is 0 Å². The van der Waals surface area contributed by atoms with Crippen LogP contribution in [0.3, 0.4) is 0 Å². The molecule has 27 heavy (non-hydrogen) atoms. The van der Waals surface area contributed by atoms with Crippen molar-refractivity contribution in [2.45, 2.75) is 13.1 Å². The Kier molecular flexibility index (Phi) is 4.31. The molecule has 0 amide bonds. The highest BCUT2D eigenvalue weighted by Gasteiger charge is 2.25. The summed E-state index contributed by atoms with van der Waals surface area (Å²) in [5.74, 6) is -1.35. The SMILES string of the molecule is CN(C)Cc1cnc2n1-c1ccc(F)cc1C(c1c(F)cccc1F)=NC2. The minimum absolute atomic E-state index is 0.0846. The number of fused-ring (bicyclic) bond motifs is 3. The predicted octanol–water partition coefficient (Wildman–Crippen LogP) is 3.70. The van der Waals surface area contributed by atoms with Gasteiger partial charge in [-0.15, -0.1) is 0 Å². The van der Waals surface area contributed by atoms with Gasteiger partial charge < -0.3 is 4.90 Å². The van der Waals surface area contributed by atoms with E-state index in [0.717, 1.165) is 5.69 Å². The first-order chi connectivity index (χ1) is 13.0. The molecule has 0 fully saturated rings. The first-order valence-corrected chi connectivity index (χ1v) is 8.45. The molecule has 4 rings (SSSR count). The van der Waals surface area contributed by atoms with Crippen LogP contribution in [0.15, 0.2) is 47.6 Å². The molecular formula is C20H17F3N4. The van der Waals surface area contributed by atoms with E-state index in [-0.39, 0.29) is 17.8 Å². The van der Waals surface area contributed by atoms with Gasteiger partial charge in [-0.3, -0.25) is 9.56 Å². The van der Waals surface area contributed by atoms with Gasteiger partial charge >= 0.3 is 0 Å². The third-order valence-electron chi connectivity index (χ3n) is 4.42. The van der Waals surface area contributed by atoms with Crippen LogP contribution in [-0.4, -0.2) is 34.3 Å². The second kappa shape index (κ2) is 6.66. The minimum Gasteiger partial charge on any atom is -0.304 e. The molecule has 0 atom stereocenters. The number of hydrogen-bond acceptors (Lipinski definition) is 3. The number of nitrogens with zero attached hydrogens (tertiary/aromatic N) is 4. The van der Waals surface area contributed by atoms with Crippen molar-refractivity contribution in [2.24, 2.45) is 4.99 Å². The lowest BCUT2D eigenvalue weighted by atomic mass is 9.99. The number of benzene rings is 2. The van der Waals surface area contributed by atoms with Crippen molar-refractivity contribution >= 4 is 5.71 Å². The summed E-state index contributed by atoms with van der Waals surface area (Å²) in [6.45, 7) is 0.736. The van der Waals surface area contributed by atoms with Crippen molar-refractivity contribution in [3.63, 3.8) is 0 Å². The Morgan fingerprint density at radius 1 is 1.07 bits per heavy atom. The smallest absolute Gasteiger partial charge is 0.135 e. The maximum Gasteiger partial charge on any atom is 0.135 e. The molecule has 0 N–H and O–H groups in total. The molecule has 4 nitrogen and oxygen atoms in total. The van der Waals surface area contributed by atoms with E-state index >= 15 is 0 Å². The van der Waals surface area contributed by atoms with Crippen LogP contribution in [0.2, 0.25) is 0 Å². The van der Waals surface area contributed by atoms with Crippen molar-refractivity contribution in [1.29, 1.82) is 0 Å². The average Bonchev–Trinajstić information content (AvgIpc) is 2.91. The lowest BCUT2D eigenvalue weighted by Crippen LogP contribution is -2.16. The number of halogens is 3. The summed E-state index contributed by atoms with van der Waals surface area (Å²) in [4.78, 5) is 10.8. The first kappa shape index (κ1) is 17.5. The van der Waals surface area contributed by atoms with Crippen LogP contribution in [0.4, 0.5) is 13.2 Å². The third-order valence-corrected chi connectivity index (χ3v) is 4.42. The second-order valence-electron chi connectivity index (χ2n) is 6.66. The molecule has 138 valence electrons. The maximum atomic E-state index is 14.4. The molecule has 0 saturated carbocycles. The summed E-state index contributed by atoms with van der Waals surface area (Å²) >= 11 is 0. The molecule has 0 bridgehead atoms. The number of rotatable bonds is 3. The summed E-state index contributed by atoms with van der Waals surface area (Å²) < 4.78 is 44.8. The maximum absolute atomic E-state index is 14.4. The molecule has 0 radical (unpaired) electrons. The monoisotopic (exact) mass is 370 g/mol. The average molecular weight is 370 g/mol. The largest absolute Gasteiger partial charge is 0.304 e. The van der Waals surface area contributed by atoms with Crippen LogP contribution >= 0.6 is 0 Å². The third kappa shape index (κ3) is 3.04. The lowest BCUT2D eigenvalue weighted by molar-refractivity contribution is 0.393. The van der Waals surface area contributed by atoms with Gasteiger partial charge in [0.2, 0.25) is 0 Å². The topological polar surface area (TPSA) is 33.4 Å². The van der Waals surface area contributed by atoms with E-state index in [0.29, 0.717) is 23.6 Å². The van der Waals surface area contributed by atoms with Crippen molar-refractivity contribution in [3.8, 4) is 5.69 Å². The minimum atomic E-state index is -0.739. The van der Waals surface area contributed by atoms with Gasteiger partial charge in [0.15, 0.2) is 0 Å². The lowest BCUT2D eigenvalue weighted by Gasteiger charge is -2.17. The number of imidazole rings is 1. The van der Waals surface area contributed by atoms with Gasteiger partial charge in [0, 0.05) is 12.1 Å². The van der Waals surface area contributed by atoms with Gasteiger partial charge in [0.1, 0.15) is 23.3 Å². The van der Waals surface area contributed by atoms with Crippen LogP contribution in [0.5, 0.6) is 0 Å². The molecule has 1 aliphatic heterocycles. The standard InChI is InChI=1S/C20H17F3N4/c1-26(2)11-13-9-24-18-10-25-20(19-15(22)4-3-5-16(19)23)14-8-12(21)6-7-17(14)27(13)18/h3-9H,10-11H2,1-2H3. The van der Waals surface area contributed by atoms with Crippen LogP contribution in [0.1, 0.15) is 22.6 Å². The molecule has 7 heteroatoms. The van der Waals surface area contributed by atoms with E-state index in [4.69, 9.17) is 0 Å². The zero-order valence-electron chi connectivity index (χ0n) is 14.9. The molecule has 0 spiro atoms. The van der Waals surface area contributed by atoms with E-state index < -0.39 is 17.5 Å². The van der Waals surface area contributed by atoms with Crippen LogP contribution in [0, 0.1) is 17.5 Å². The highest BCUT2D eigenvalue weighted by Crippen LogP contribution is 2.29. The summed E-state index contributed by atoms with van der Waals surface area (Å²) in [6, 6.07) is 7.80. The van der Waals surface area contributed by atoms with Crippen molar-refractivity contribution < 1.29 is 13.2 Å². The fourth-order valence-electron chi connectivity index (χ4n) is 3.34. The second-order valence-corrected chi connectivity index (χ2v) is 6.66. The zero-order valence-corrected chi connectivity index (χ0v) is 14.9. The van der Waals surface area contributed by atoms with Gasteiger partial charge in [-0.05, 0) is 44.4 Å². The molecular weight excluding hydrogens is 353 g/mol. The molecule has 1 aromatic heterocycles. The summed E-state index contributed by atoms with van der Waals surface area (Å²) in [7, 11) is 3.86. The highest BCUT2D eigenvalue weighted by atomic mass is 19.1. The molecule has 0 saturated heterocycles. The Bertz CT molecular complexity index is 1030. The van der Waals surface area contributed by atoms with Gasteiger partial charge in [-0.25, -0.2) is 18.2 Å². The fraction of sp³-hybridized carbons (Fsp3) is 0.200. The Labute approximate surface area is 154 Å². The van der Waals surface area contributed by atoms with E-state index in [9.17, 15) is 13.2 Å². The zero-order chi connectivity index (χ0) is 19.1. The van der Waals surface area contributed by atoms with Crippen molar-refractivity contribution in [3.05, 3.63) is 82.7 Å². The molecule has 0 unspecified atom stereocenters. The molecule has 3 aromatic rings. The summed E-state index contributed by atoms with van der Waals surface area (Å²) in [5, 5.41) is 0. The van der Waals surface area contributed by atoms with Crippen molar-refractivity contribution in [1.82, 2.24) is 14.5 Å². The number of aliphatic imine (C=N–C) groups is 1. The van der Waals surface area contributed by atoms with Crippen LogP contribution < -0.4 is 0 Å². The number of aromatic nitrogens is 2. The van der Waals surface area contributed by atoms with E-state index in [1.165, 1.54) is 30.3 Å². The highest BCUT2D eigenvalue weighted by molar-refractivity contribution is 6.15. The fourth-order valence-corrected chi connectivity index (χ4v) is 3.34. The van der Waals surface area contributed by atoms with Crippen molar-refractivity contribution in [2.75, 3.05) is 14.1 Å². The van der Waals surface area contributed by atoms with Crippen LogP contribution in [-0.2, 0) is 13.1 Å². The normalized spacial score (nSPS) is 13.2. The predicted molar refractivity (Wildman–Crippen MR) is 96.6 cm³/mol. The summed E-state index contributed by atoms with van der Waals surface area (Å²) in [5.41, 5.74) is 1.63. The van der Waals surface area contributed by atoms with Gasteiger partial charge in [0.25, 0.3) is 0 Å². The Morgan fingerprint density at radius 2 is 1.81 bits per heavy atom. The van der Waals surface area contributed by atoms with E-state index in [1.54, 1.807) is 12.3 Å². The van der Waals surface area contributed by atoms with Gasteiger partial charge in [0.05, 0.1) is 35.4 Å². The van der Waals surface area contributed by atoms with E-state index in [1.807, 2.05) is 23.6 Å². The quantitative estimate of drug-likeness (QED) is 0.704. The number of hydrogen-bond donors (Lipinski definition) is 0. The summed E-state index contributed by atoms with van der Waals surface area (Å²) in [6.07, 6.45) is 1.74. The molecule has 0 aliphatic carbocycles. The Balaban J connectivity index is 1.98. The van der Waals surface area contributed by atoms with E-state index in [2.05, 4.69) is 9.98 Å². The molecule has 2 aromatic carbocycles.